The maximum atomic E-state index is 13.2. The van der Waals surface area contributed by atoms with Crippen LogP contribution in [0.2, 0.25) is 0 Å². The molecular formula is C31H31N5O4S5. The van der Waals surface area contributed by atoms with Crippen molar-refractivity contribution in [1.82, 2.24) is 20.1 Å². The molecule has 234 valence electrons. The standard InChI is InChI=1S/C31H31N5O4S5/c1-39-23-16-19(13-14-22(23)40-20-8-3-2-4-9-20)17-25-28(38)36(31(41)44-25)15-7-12-26(37)33-29-35-34-27(45-29)18-42-30-32-21-10-5-6-11-24(21)43-30/h5-6,10-11,13-14,16-17,20H,2-4,7-9,12,15,18H2,1H3,(H,33,35,37)/b25-17-. The largest absolute Gasteiger partial charge is 0.493 e. The van der Waals surface area contributed by atoms with Crippen LogP contribution in [0, 0.1) is 0 Å². The predicted molar refractivity (Wildman–Crippen MR) is 187 cm³/mol. The molecule has 1 aliphatic carbocycles. The van der Waals surface area contributed by atoms with Crippen molar-refractivity contribution < 1.29 is 19.1 Å². The Bertz CT molecular complexity index is 1700. The first-order valence-corrected chi connectivity index (χ1v) is 18.5. The number of thiazole rings is 1. The van der Waals surface area contributed by atoms with Crippen molar-refractivity contribution in [2.75, 3.05) is 19.0 Å². The lowest BCUT2D eigenvalue weighted by molar-refractivity contribution is -0.122. The molecule has 3 heterocycles. The molecule has 0 radical (unpaired) electrons. The van der Waals surface area contributed by atoms with Gasteiger partial charge in [-0.3, -0.25) is 14.5 Å². The van der Waals surface area contributed by atoms with Gasteiger partial charge in [-0.25, -0.2) is 4.98 Å². The van der Waals surface area contributed by atoms with Gasteiger partial charge < -0.3 is 14.8 Å². The lowest BCUT2D eigenvalue weighted by Gasteiger charge is -2.24. The molecule has 0 bridgehead atoms. The average molecular weight is 698 g/mol. The second-order valence-electron chi connectivity index (χ2n) is 10.5. The number of hydrogen-bond acceptors (Lipinski definition) is 12. The van der Waals surface area contributed by atoms with Crippen molar-refractivity contribution in [2.45, 2.75) is 61.1 Å². The van der Waals surface area contributed by atoms with Crippen molar-refractivity contribution in [3.63, 3.8) is 0 Å². The number of thiocarbonyl (C=S) groups is 1. The van der Waals surface area contributed by atoms with E-state index in [1.807, 2.05) is 42.5 Å². The minimum Gasteiger partial charge on any atom is -0.493 e. The van der Waals surface area contributed by atoms with Gasteiger partial charge in [0.25, 0.3) is 5.91 Å². The van der Waals surface area contributed by atoms with Gasteiger partial charge in [0.05, 0.1) is 34.1 Å². The Kier molecular flexibility index (Phi) is 10.7. The minimum atomic E-state index is -0.180. The van der Waals surface area contributed by atoms with E-state index in [4.69, 9.17) is 21.7 Å². The number of carbonyl (C=O) groups excluding carboxylic acids is 2. The molecule has 4 aromatic rings. The Labute approximate surface area is 283 Å². The first-order valence-electron chi connectivity index (χ1n) is 14.7. The Morgan fingerprint density at radius 2 is 1.98 bits per heavy atom. The van der Waals surface area contributed by atoms with Crippen LogP contribution in [0.5, 0.6) is 11.5 Å². The summed E-state index contributed by atoms with van der Waals surface area (Å²) in [4.78, 5) is 32.5. The number of amides is 2. The molecule has 2 amide bonds. The van der Waals surface area contributed by atoms with Gasteiger partial charge in [0, 0.05) is 13.0 Å². The molecule has 2 aliphatic rings. The minimum absolute atomic E-state index is 0.161. The number of aromatic nitrogens is 3. The normalized spacial score (nSPS) is 16.6. The van der Waals surface area contributed by atoms with Gasteiger partial charge in [-0.2, -0.15) is 0 Å². The second-order valence-corrected chi connectivity index (χ2v) is 15.5. The van der Waals surface area contributed by atoms with E-state index >= 15 is 0 Å². The Balaban J connectivity index is 0.966. The van der Waals surface area contributed by atoms with Crippen molar-refractivity contribution in [3.05, 3.63) is 57.9 Å². The fourth-order valence-corrected chi connectivity index (χ4v) is 9.18. The van der Waals surface area contributed by atoms with Crippen LogP contribution in [0.1, 0.15) is 55.5 Å². The van der Waals surface area contributed by atoms with Crippen LogP contribution in [-0.4, -0.2) is 56.0 Å². The molecule has 9 nitrogen and oxygen atoms in total. The molecule has 1 saturated heterocycles. The SMILES string of the molecule is COc1cc(/C=C2\SC(=S)N(CCCC(=O)Nc3nnc(CSc4nc5ccccc5s4)s3)C2=O)ccc1OC1CCCCC1. The van der Waals surface area contributed by atoms with Crippen LogP contribution in [0.3, 0.4) is 0 Å². The van der Waals surface area contributed by atoms with Crippen molar-refractivity contribution in [3.8, 4) is 11.5 Å². The fraction of sp³-hybridized carbons (Fsp3) is 0.355. The first kappa shape index (κ1) is 31.9. The molecule has 0 atom stereocenters. The zero-order chi connectivity index (χ0) is 31.2. The van der Waals surface area contributed by atoms with Crippen LogP contribution < -0.4 is 14.8 Å². The van der Waals surface area contributed by atoms with Crippen LogP contribution >= 0.6 is 58.4 Å². The molecule has 45 heavy (non-hydrogen) atoms. The van der Waals surface area contributed by atoms with Gasteiger partial charge >= 0.3 is 0 Å². The zero-order valence-electron chi connectivity index (χ0n) is 24.5. The van der Waals surface area contributed by atoms with Crippen LogP contribution in [0.25, 0.3) is 16.3 Å². The Hall–Kier alpha value is -3.04. The van der Waals surface area contributed by atoms with Crippen molar-refractivity contribution in [2.24, 2.45) is 0 Å². The number of methoxy groups -OCH3 is 1. The number of para-hydroxylation sites is 1. The molecule has 0 unspecified atom stereocenters. The molecule has 14 heteroatoms. The highest BCUT2D eigenvalue weighted by Gasteiger charge is 2.32. The van der Waals surface area contributed by atoms with E-state index in [0.717, 1.165) is 43.7 Å². The number of anilines is 1. The number of carbonyl (C=O) groups is 2. The summed E-state index contributed by atoms with van der Waals surface area (Å²) in [7, 11) is 1.62. The quantitative estimate of drug-likeness (QED) is 0.0896. The predicted octanol–water partition coefficient (Wildman–Crippen LogP) is 7.78. The van der Waals surface area contributed by atoms with Gasteiger partial charge in [0.1, 0.15) is 9.33 Å². The molecule has 2 aromatic carbocycles. The number of rotatable bonds is 12. The molecule has 2 fully saturated rings. The lowest BCUT2D eigenvalue weighted by atomic mass is 9.98. The number of ether oxygens (including phenoxy) is 2. The topological polar surface area (TPSA) is 107 Å². The summed E-state index contributed by atoms with van der Waals surface area (Å²) in [6, 6.07) is 13.8. The summed E-state index contributed by atoms with van der Waals surface area (Å²) < 4.78 is 14.4. The molecular weight excluding hydrogens is 667 g/mol. The highest BCUT2D eigenvalue weighted by molar-refractivity contribution is 8.26. The molecule has 1 N–H and O–H groups in total. The van der Waals surface area contributed by atoms with Gasteiger partial charge in [-0.1, -0.05) is 71.7 Å². The highest BCUT2D eigenvalue weighted by atomic mass is 32.2. The van der Waals surface area contributed by atoms with E-state index in [-0.39, 0.29) is 24.3 Å². The van der Waals surface area contributed by atoms with Gasteiger partial charge in [-0.15, -0.1) is 21.5 Å². The Morgan fingerprint density at radius 1 is 1.13 bits per heavy atom. The van der Waals surface area contributed by atoms with Gasteiger partial charge in [-0.05, 0) is 68.0 Å². The number of nitrogens with one attached hydrogen (secondary N) is 1. The number of thioether (sulfide) groups is 2. The van der Waals surface area contributed by atoms with Crippen LogP contribution in [-0.2, 0) is 15.3 Å². The average Bonchev–Trinajstić information content (AvgIpc) is 3.75. The smallest absolute Gasteiger partial charge is 0.266 e. The van der Waals surface area contributed by atoms with Crippen molar-refractivity contribution >= 4 is 96.0 Å². The summed E-state index contributed by atoms with van der Waals surface area (Å²) in [6.07, 6.45) is 8.49. The lowest BCUT2D eigenvalue weighted by Crippen LogP contribution is -2.29. The van der Waals surface area contributed by atoms with E-state index < -0.39 is 0 Å². The zero-order valence-corrected chi connectivity index (χ0v) is 28.6. The number of benzene rings is 2. The maximum absolute atomic E-state index is 13.2. The number of fused-ring (bicyclic) bond motifs is 1. The van der Waals surface area contributed by atoms with Crippen molar-refractivity contribution in [1.29, 1.82) is 0 Å². The van der Waals surface area contributed by atoms with E-state index in [1.54, 1.807) is 35.1 Å². The summed E-state index contributed by atoms with van der Waals surface area (Å²) in [5, 5.41) is 12.4. The second kappa shape index (κ2) is 15.0. The summed E-state index contributed by atoms with van der Waals surface area (Å²) in [5.74, 6) is 1.65. The number of nitrogens with zero attached hydrogens (tertiary/aromatic N) is 4. The highest BCUT2D eigenvalue weighted by Crippen LogP contribution is 2.36. The molecule has 0 spiro atoms. The summed E-state index contributed by atoms with van der Waals surface area (Å²) in [5.41, 5.74) is 1.82. The monoisotopic (exact) mass is 697 g/mol. The maximum Gasteiger partial charge on any atom is 0.266 e. The first-order chi connectivity index (χ1) is 21.9. The van der Waals surface area contributed by atoms with E-state index in [2.05, 4.69) is 26.6 Å². The van der Waals surface area contributed by atoms with E-state index in [0.29, 0.717) is 38.8 Å². The van der Waals surface area contributed by atoms with E-state index in [1.165, 1.54) is 42.4 Å². The van der Waals surface area contributed by atoms with Crippen LogP contribution in [0.4, 0.5) is 5.13 Å². The Morgan fingerprint density at radius 3 is 2.80 bits per heavy atom. The summed E-state index contributed by atoms with van der Waals surface area (Å²) in [6.45, 7) is 0.354. The van der Waals surface area contributed by atoms with Gasteiger partial charge in [0.15, 0.2) is 15.8 Å². The molecule has 2 aromatic heterocycles. The van der Waals surface area contributed by atoms with Gasteiger partial charge in [0.2, 0.25) is 11.0 Å². The molecule has 1 aliphatic heterocycles. The fourth-order valence-electron chi connectivity index (χ4n) is 5.06. The summed E-state index contributed by atoms with van der Waals surface area (Å²) >= 11 is 11.4. The molecule has 6 rings (SSSR count). The molecule has 1 saturated carbocycles. The van der Waals surface area contributed by atoms with Crippen LogP contribution in [0.15, 0.2) is 51.7 Å². The third kappa shape index (κ3) is 8.22. The number of hydrogen-bond donors (Lipinski definition) is 1. The third-order valence-corrected chi connectivity index (χ3v) is 11.9. The third-order valence-electron chi connectivity index (χ3n) is 7.30. The van der Waals surface area contributed by atoms with E-state index in [9.17, 15) is 9.59 Å².